The minimum atomic E-state index is -3.64. The lowest BCUT2D eigenvalue weighted by molar-refractivity contribution is -0.117. The first-order valence-electron chi connectivity index (χ1n) is 8.89. The van der Waals surface area contributed by atoms with Gasteiger partial charge in [-0.15, -0.1) is 0 Å². The van der Waals surface area contributed by atoms with Crippen LogP contribution >= 0.6 is 11.3 Å². The van der Waals surface area contributed by atoms with Crippen LogP contribution in [0.3, 0.4) is 0 Å². The molecule has 1 aliphatic rings. The van der Waals surface area contributed by atoms with Crippen molar-refractivity contribution in [3.05, 3.63) is 65.9 Å². The molecule has 0 radical (unpaired) electrons. The largest absolute Gasteiger partial charge is 0.300 e. The molecule has 0 spiro atoms. The number of nitrogens with zero attached hydrogens (tertiary/aromatic N) is 2. The average molecular weight is 427 g/mol. The van der Waals surface area contributed by atoms with E-state index in [0.29, 0.717) is 10.7 Å². The summed E-state index contributed by atoms with van der Waals surface area (Å²) in [5, 5.41) is 3.25. The molecule has 0 unspecified atom stereocenters. The van der Waals surface area contributed by atoms with E-state index in [0.717, 1.165) is 16.1 Å². The summed E-state index contributed by atoms with van der Waals surface area (Å²) in [5.41, 5.74) is 2.32. The van der Waals surface area contributed by atoms with Crippen LogP contribution in [0.5, 0.6) is 0 Å². The number of aliphatic imine (C=N–C) groups is 1. The molecule has 3 aromatic rings. The Hall–Kier alpha value is -3.04. The van der Waals surface area contributed by atoms with Gasteiger partial charge >= 0.3 is 0 Å². The highest BCUT2D eigenvalue weighted by molar-refractivity contribution is 7.90. The molecule has 7 nitrogen and oxygen atoms in total. The van der Waals surface area contributed by atoms with Gasteiger partial charge in [-0.1, -0.05) is 53.8 Å². The third kappa shape index (κ3) is 3.79. The van der Waals surface area contributed by atoms with Crippen molar-refractivity contribution in [3.63, 3.8) is 0 Å². The third-order valence-corrected chi connectivity index (χ3v) is 6.95. The quantitative estimate of drug-likeness (QED) is 0.669. The summed E-state index contributed by atoms with van der Waals surface area (Å²) in [6.45, 7) is 3.50. The molecule has 1 atom stereocenters. The average Bonchev–Trinajstić information content (AvgIpc) is 3.19. The van der Waals surface area contributed by atoms with Gasteiger partial charge in [0.1, 0.15) is 11.9 Å². The zero-order valence-corrected chi connectivity index (χ0v) is 17.3. The summed E-state index contributed by atoms with van der Waals surface area (Å²) in [6, 6.07) is 15.6. The first-order valence-corrected chi connectivity index (χ1v) is 11.2. The molecule has 2 heterocycles. The van der Waals surface area contributed by atoms with Gasteiger partial charge in [-0.25, -0.2) is 13.4 Å². The van der Waals surface area contributed by atoms with Crippen molar-refractivity contribution >= 4 is 38.2 Å². The lowest BCUT2D eigenvalue weighted by atomic mass is 10.2. The van der Waals surface area contributed by atoms with Gasteiger partial charge in [-0.3, -0.25) is 14.5 Å². The molecule has 0 bridgehead atoms. The molecule has 0 fully saturated rings. The summed E-state index contributed by atoms with van der Waals surface area (Å²) in [5.74, 6) is -0.196. The Morgan fingerprint density at radius 3 is 2.59 bits per heavy atom. The Labute approximate surface area is 172 Å². The fraction of sp³-hybridized carbons (Fsp3) is 0.150. The van der Waals surface area contributed by atoms with E-state index in [1.54, 1.807) is 25.1 Å². The van der Waals surface area contributed by atoms with Crippen LogP contribution < -0.4 is 10.0 Å². The van der Waals surface area contributed by atoms with Crippen molar-refractivity contribution in [3.8, 4) is 10.4 Å². The lowest BCUT2D eigenvalue weighted by Crippen LogP contribution is -2.28. The van der Waals surface area contributed by atoms with Crippen LogP contribution in [0, 0.1) is 6.92 Å². The monoisotopic (exact) mass is 426 g/mol. The fourth-order valence-corrected chi connectivity index (χ4v) is 5.21. The van der Waals surface area contributed by atoms with Crippen molar-refractivity contribution in [1.82, 2.24) is 9.71 Å². The summed E-state index contributed by atoms with van der Waals surface area (Å²) in [6.07, 6.45) is 0. The van der Waals surface area contributed by atoms with E-state index in [2.05, 4.69) is 20.0 Å². The Bertz CT molecular complexity index is 1220. The van der Waals surface area contributed by atoms with E-state index in [1.165, 1.54) is 17.4 Å². The molecular weight excluding hydrogens is 408 g/mol. The lowest BCUT2D eigenvalue weighted by Gasteiger charge is -2.07. The number of hydrogen-bond acceptors (Lipinski definition) is 6. The predicted molar refractivity (Wildman–Crippen MR) is 114 cm³/mol. The molecule has 4 rings (SSSR count). The van der Waals surface area contributed by atoms with E-state index in [-0.39, 0.29) is 16.6 Å². The number of amidine groups is 1. The number of amides is 1. The summed E-state index contributed by atoms with van der Waals surface area (Å²) in [7, 11) is -3.64. The van der Waals surface area contributed by atoms with Crippen molar-refractivity contribution in [2.24, 2.45) is 4.99 Å². The van der Waals surface area contributed by atoms with E-state index in [9.17, 15) is 13.2 Å². The number of aryl methyl sites for hydroxylation is 1. The molecule has 1 aliphatic heterocycles. The number of carbonyl (C=O) groups excluding carboxylic acids is 1. The van der Waals surface area contributed by atoms with Gasteiger partial charge in [0.25, 0.3) is 15.9 Å². The smallest absolute Gasteiger partial charge is 0.263 e. The zero-order chi connectivity index (χ0) is 20.6. The molecule has 0 saturated heterocycles. The number of thiazole rings is 1. The van der Waals surface area contributed by atoms with E-state index < -0.39 is 16.1 Å². The maximum absolute atomic E-state index is 12.6. The number of benzene rings is 2. The SMILES string of the molecule is Cc1nc(NC(=O)[C@H](C)N=C2NS(=O)(=O)c3ccccc32)sc1-c1ccccc1. The highest BCUT2D eigenvalue weighted by Gasteiger charge is 2.31. The highest BCUT2D eigenvalue weighted by Crippen LogP contribution is 2.32. The molecular formula is C20H18N4O3S2. The number of anilines is 1. The van der Waals surface area contributed by atoms with Crippen molar-refractivity contribution in [2.75, 3.05) is 5.32 Å². The predicted octanol–water partition coefficient (Wildman–Crippen LogP) is 3.18. The Morgan fingerprint density at radius 1 is 1.14 bits per heavy atom. The number of rotatable bonds is 4. The standard InChI is InChI=1S/C20H18N4O3S2/c1-12-17(14-8-4-3-5-9-14)28-20(22-12)23-19(25)13(2)21-18-15-10-6-7-11-16(15)29(26,27)24-18/h3-11,13H,1-2H3,(H,21,24)(H,22,23,25)/t13-/m0/s1. The summed E-state index contributed by atoms with van der Waals surface area (Å²) < 4.78 is 26.8. The number of fused-ring (bicyclic) bond motifs is 1. The van der Waals surface area contributed by atoms with Gasteiger partial charge in [-0.2, -0.15) is 0 Å². The maximum atomic E-state index is 12.6. The van der Waals surface area contributed by atoms with Gasteiger partial charge in [0.2, 0.25) is 0 Å². The second-order valence-electron chi connectivity index (χ2n) is 6.54. The van der Waals surface area contributed by atoms with Crippen LogP contribution in [-0.4, -0.2) is 31.2 Å². The van der Waals surface area contributed by atoms with Crippen LogP contribution in [0.4, 0.5) is 5.13 Å². The molecule has 1 aromatic heterocycles. The number of carbonyl (C=O) groups is 1. The Kier molecular flexibility index (Phi) is 4.93. The normalized spacial score (nSPS) is 16.8. The maximum Gasteiger partial charge on any atom is 0.263 e. The molecule has 148 valence electrons. The van der Waals surface area contributed by atoms with Crippen LogP contribution in [0.15, 0.2) is 64.5 Å². The van der Waals surface area contributed by atoms with Crippen LogP contribution in [0.25, 0.3) is 10.4 Å². The number of hydrogen-bond donors (Lipinski definition) is 2. The number of nitrogens with one attached hydrogen (secondary N) is 2. The number of sulfonamides is 1. The first-order chi connectivity index (χ1) is 13.8. The topological polar surface area (TPSA) is 101 Å². The van der Waals surface area contributed by atoms with Gasteiger partial charge in [0.05, 0.1) is 15.5 Å². The fourth-order valence-electron chi connectivity index (χ4n) is 3.00. The molecule has 0 saturated carbocycles. The molecule has 1 amide bonds. The van der Waals surface area contributed by atoms with Crippen molar-refractivity contribution in [1.29, 1.82) is 0 Å². The minimum Gasteiger partial charge on any atom is -0.300 e. The van der Waals surface area contributed by atoms with Gasteiger partial charge < -0.3 is 5.32 Å². The third-order valence-electron chi connectivity index (χ3n) is 4.43. The Balaban J connectivity index is 1.54. The highest BCUT2D eigenvalue weighted by atomic mass is 32.2. The van der Waals surface area contributed by atoms with Gasteiger partial charge in [-0.05, 0) is 31.5 Å². The second-order valence-corrected chi connectivity index (χ2v) is 9.19. The van der Waals surface area contributed by atoms with Crippen LogP contribution in [0.1, 0.15) is 18.2 Å². The summed E-state index contributed by atoms with van der Waals surface area (Å²) in [4.78, 5) is 22.5. The van der Waals surface area contributed by atoms with Gasteiger partial charge in [0, 0.05) is 5.56 Å². The molecule has 29 heavy (non-hydrogen) atoms. The summed E-state index contributed by atoms with van der Waals surface area (Å²) >= 11 is 1.39. The van der Waals surface area contributed by atoms with E-state index >= 15 is 0 Å². The van der Waals surface area contributed by atoms with Crippen molar-refractivity contribution in [2.45, 2.75) is 24.8 Å². The Morgan fingerprint density at radius 2 is 1.83 bits per heavy atom. The second kappa shape index (κ2) is 7.41. The molecule has 2 N–H and O–H groups in total. The van der Waals surface area contributed by atoms with Crippen LogP contribution in [0.2, 0.25) is 0 Å². The molecule has 9 heteroatoms. The first kappa shape index (κ1) is 19.3. The molecule has 2 aromatic carbocycles. The zero-order valence-electron chi connectivity index (χ0n) is 15.7. The van der Waals surface area contributed by atoms with Crippen molar-refractivity contribution < 1.29 is 13.2 Å². The molecule has 0 aliphatic carbocycles. The van der Waals surface area contributed by atoms with Crippen LogP contribution in [-0.2, 0) is 14.8 Å². The number of aromatic nitrogens is 1. The van der Waals surface area contributed by atoms with Gasteiger partial charge in [0.15, 0.2) is 5.13 Å². The minimum absolute atomic E-state index is 0.161. The van der Waals surface area contributed by atoms with E-state index in [1.807, 2.05) is 37.3 Å². The van der Waals surface area contributed by atoms with E-state index in [4.69, 9.17) is 0 Å².